The Morgan fingerprint density at radius 3 is 2.26 bits per heavy atom. The first-order valence-corrected chi connectivity index (χ1v) is 6.10. The molecule has 1 aromatic carbocycles. The molecule has 2 rings (SSSR count). The highest BCUT2D eigenvalue weighted by atomic mass is 35.5. The molecule has 0 amide bonds. The molecular weight excluding hydrogens is 281 g/mol. The second-order valence-electron chi connectivity index (χ2n) is 4.60. The molecule has 0 saturated heterocycles. The molecule has 0 aliphatic heterocycles. The Balaban J connectivity index is 2.38. The predicted molar refractivity (Wildman–Crippen MR) is 62.7 cm³/mol. The molecule has 2 nitrogen and oxygen atoms in total. The fourth-order valence-electron chi connectivity index (χ4n) is 1.87. The summed E-state index contributed by atoms with van der Waals surface area (Å²) in [6.07, 6.45) is 0.919. The number of hydrogen-bond donors (Lipinski definition) is 0. The van der Waals surface area contributed by atoms with Crippen LogP contribution in [0.1, 0.15) is 35.2 Å². The number of benzene rings is 1. The van der Waals surface area contributed by atoms with Crippen molar-refractivity contribution >= 4 is 23.2 Å². The largest absolute Gasteiger partial charge is 0.299 e. The van der Waals surface area contributed by atoms with Gasteiger partial charge in [0.15, 0.2) is 23.2 Å². The molecule has 1 aliphatic rings. The maximum atomic E-state index is 13.6. The van der Waals surface area contributed by atoms with Gasteiger partial charge < -0.3 is 0 Å². The smallest absolute Gasteiger partial charge is 0.196 e. The average Bonchev–Trinajstić information content (AvgIpc) is 3.18. The van der Waals surface area contributed by atoms with Gasteiger partial charge in [-0.1, -0.05) is 11.6 Å². The topological polar surface area (TPSA) is 34.1 Å². The average molecular weight is 291 g/mol. The fourth-order valence-corrected chi connectivity index (χ4v) is 2.05. The van der Waals surface area contributed by atoms with Crippen LogP contribution in [-0.2, 0) is 4.79 Å². The number of hydrogen-bond acceptors (Lipinski definition) is 2. The van der Waals surface area contributed by atoms with Gasteiger partial charge in [0.2, 0.25) is 0 Å². The molecule has 1 aliphatic carbocycles. The van der Waals surface area contributed by atoms with Gasteiger partial charge in [-0.05, 0) is 25.3 Å². The Labute approximate surface area is 112 Å². The molecular formula is C13H10ClF3O2. The third kappa shape index (κ3) is 2.52. The van der Waals surface area contributed by atoms with Crippen molar-refractivity contribution in [3.8, 4) is 0 Å². The zero-order chi connectivity index (χ0) is 14.3. The minimum absolute atomic E-state index is 0.159. The van der Waals surface area contributed by atoms with Gasteiger partial charge in [0, 0.05) is 5.92 Å². The quantitative estimate of drug-likeness (QED) is 0.367. The van der Waals surface area contributed by atoms with E-state index in [1.807, 2.05) is 0 Å². The van der Waals surface area contributed by atoms with E-state index in [1.54, 1.807) is 0 Å². The summed E-state index contributed by atoms with van der Waals surface area (Å²) < 4.78 is 40.0. The van der Waals surface area contributed by atoms with Crippen LogP contribution in [0.15, 0.2) is 0 Å². The molecule has 0 spiro atoms. The van der Waals surface area contributed by atoms with Crippen molar-refractivity contribution in [3.63, 3.8) is 0 Å². The molecule has 0 aromatic heterocycles. The van der Waals surface area contributed by atoms with Crippen molar-refractivity contribution in [2.75, 3.05) is 0 Å². The van der Waals surface area contributed by atoms with Crippen LogP contribution in [0.4, 0.5) is 13.2 Å². The second kappa shape index (κ2) is 4.96. The van der Waals surface area contributed by atoms with Gasteiger partial charge in [0.1, 0.15) is 5.78 Å². The number of carbonyl (C=O) groups excluding carboxylic acids is 2. The summed E-state index contributed by atoms with van der Waals surface area (Å²) in [5.74, 6) is -6.24. The van der Waals surface area contributed by atoms with E-state index < -0.39 is 40.2 Å². The summed E-state index contributed by atoms with van der Waals surface area (Å²) in [5, 5.41) is -0.638. The highest BCUT2D eigenvalue weighted by Crippen LogP contribution is 2.33. The number of rotatable bonds is 4. The first-order chi connectivity index (χ1) is 8.84. The normalized spacial score (nSPS) is 14.6. The molecule has 0 N–H and O–H groups in total. The van der Waals surface area contributed by atoms with Gasteiger partial charge in [-0.25, -0.2) is 13.2 Å². The van der Waals surface area contributed by atoms with E-state index in [0.29, 0.717) is 12.8 Å². The van der Waals surface area contributed by atoms with Crippen LogP contribution in [0.25, 0.3) is 0 Å². The minimum atomic E-state index is -1.79. The molecule has 1 saturated carbocycles. The van der Waals surface area contributed by atoms with Gasteiger partial charge in [0.25, 0.3) is 0 Å². The summed E-state index contributed by atoms with van der Waals surface area (Å²) in [6.45, 7) is 1.21. The highest BCUT2D eigenvalue weighted by molar-refractivity contribution is 6.32. The highest BCUT2D eigenvalue weighted by Gasteiger charge is 2.33. The lowest BCUT2D eigenvalue weighted by molar-refractivity contribution is -0.119. The zero-order valence-electron chi connectivity index (χ0n) is 10.0. The Kier molecular flexibility index (Phi) is 3.67. The molecule has 1 aromatic rings. The van der Waals surface area contributed by atoms with Crippen LogP contribution in [0.3, 0.4) is 0 Å². The monoisotopic (exact) mass is 290 g/mol. The van der Waals surface area contributed by atoms with Gasteiger partial charge in [-0.3, -0.25) is 9.59 Å². The van der Waals surface area contributed by atoms with Crippen molar-refractivity contribution in [3.05, 3.63) is 33.6 Å². The van der Waals surface area contributed by atoms with Crippen LogP contribution < -0.4 is 0 Å². The van der Waals surface area contributed by atoms with Crippen LogP contribution in [-0.4, -0.2) is 11.6 Å². The third-order valence-electron chi connectivity index (χ3n) is 3.15. The Morgan fingerprint density at radius 1 is 1.16 bits per heavy atom. The molecule has 19 heavy (non-hydrogen) atoms. The van der Waals surface area contributed by atoms with Crippen molar-refractivity contribution in [1.29, 1.82) is 0 Å². The summed E-state index contributed by atoms with van der Waals surface area (Å²) in [7, 11) is 0. The standard InChI is InChI=1S/C13H10ClF3O2/c1-5-9(8(19)4-7(18)6-2-3-6)11(15)13(17)12(16)10(5)14/h6H,2-4H2,1H3. The molecule has 6 heteroatoms. The van der Waals surface area contributed by atoms with Gasteiger partial charge >= 0.3 is 0 Å². The van der Waals surface area contributed by atoms with E-state index in [1.165, 1.54) is 6.92 Å². The molecule has 0 radical (unpaired) electrons. The first-order valence-electron chi connectivity index (χ1n) is 5.73. The van der Waals surface area contributed by atoms with E-state index in [-0.39, 0.29) is 17.3 Å². The first kappa shape index (κ1) is 14.1. The summed E-state index contributed by atoms with van der Waals surface area (Å²) in [5.41, 5.74) is -0.829. The number of ketones is 2. The molecule has 0 unspecified atom stereocenters. The Bertz CT molecular complexity index is 551. The lowest BCUT2D eigenvalue weighted by atomic mass is 9.98. The van der Waals surface area contributed by atoms with Crippen molar-refractivity contribution in [1.82, 2.24) is 0 Å². The number of carbonyl (C=O) groups is 2. The number of halogens is 4. The zero-order valence-corrected chi connectivity index (χ0v) is 10.8. The van der Waals surface area contributed by atoms with E-state index in [0.717, 1.165) is 0 Å². The van der Waals surface area contributed by atoms with E-state index in [4.69, 9.17) is 11.6 Å². The van der Waals surface area contributed by atoms with Gasteiger partial charge in [-0.2, -0.15) is 0 Å². The van der Waals surface area contributed by atoms with Crippen LogP contribution >= 0.6 is 11.6 Å². The number of Topliss-reactive ketones (excluding diaryl/α,β-unsaturated/α-hetero) is 2. The Hall–Kier alpha value is -1.36. The molecule has 102 valence electrons. The third-order valence-corrected chi connectivity index (χ3v) is 3.60. The summed E-state index contributed by atoms with van der Waals surface area (Å²) in [4.78, 5) is 23.3. The Morgan fingerprint density at radius 2 is 1.74 bits per heavy atom. The fraction of sp³-hybridized carbons (Fsp3) is 0.385. The minimum Gasteiger partial charge on any atom is -0.299 e. The van der Waals surface area contributed by atoms with Crippen LogP contribution in [0, 0.1) is 30.3 Å². The maximum absolute atomic E-state index is 13.6. The molecule has 0 heterocycles. The lowest BCUT2D eigenvalue weighted by Crippen LogP contribution is -2.15. The molecule has 1 fully saturated rings. The van der Waals surface area contributed by atoms with Crippen molar-refractivity contribution < 1.29 is 22.8 Å². The lowest BCUT2D eigenvalue weighted by Gasteiger charge is -2.10. The molecule has 0 atom stereocenters. The van der Waals surface area contributed by atoms with Crippen LogP contribution in [0.5, 0.6) is 0 Å². The van der Waals surface area contributed by atoms with Gasteiger partial charge in [-0.15, -0.1) is 0 Å². The second-order valence-corrected chi connectivity index (χ2v) is 4.97. The summed E-state index contributed by atoms with van der Waals surface area (Å²) in [6, 6.07) is 0. The predicted octanol–water partition coefficient (Wildman–Crippen LogP) is 3.62. The van der Waals surface area contributed by atoms with Gasteiger partial charge in [0.05, 0.1) is 17.0 Å². The van der Waals surface area contributed by atoms with E-state index in [2.05, 4.69) is 0 Å². The van der Waals surface area contributed by atoms with E-state index in [9.17, 15) is 22.8 Å². The van der Waals surface area contributed by atoms with E-state index >= 15 is 0 Å². The van der Waals surface area contributed by atoms with Crippen LogP contribution in [0.2, 0.25) is 5.02 Å². The SMILES string of the molecule is Cc1c(Cl)c(F)c(F)c(F)c1C(=O)CC(=O)C1CC1. The summed E-state index contributed by atoms with van der Waals surface area (Å²) >= 11 is 5.50. The van der Waals surface area contributed by atoms with Crippen molar-refractivity contribution in [2.45, 2.75) is 26.2 Å². The molecule has 0 bridgehead atoms. The maximum Gasteiger partial charge on any atom is 0.196 e. The van der Waals surface area contributed by atoms with Crippen molar-refractivity contribution in [2.24, 2.45) is 5.92 Å².